The van der Waals surface area contributed by atoms with E-state index in [1.165, 1.54) is 0 Å². The largest absolute Gasteiger partial charge is 0.492 e. The average molecular weight is 452 g/mol. The van der Waals surface area contributed by atoms with Crippen LogP contribution in [0.5, 0.6) is 11.5 Å². The number of para-hydroxylation sites is 1. The number of pyridine rings is 1. The molecule has 0 amide bonds. The molecule has 0 saturated carbocycles. The van der Waals surface area contributed by atoms with Gasteiger partial charge in [0.15, 0.2) is 0 Å². The van der Waals surface area contributed by atoms with Crippen LogP contribution in [-0.4, -0.2) is 21.1 Å². The van der Waals surface area contributed by atoms with Crippen LogP contribution in [0.2, 0.25) is 0 Å². The predicted molar refractivity (Wildman–Crippen MR) is 136 cm³/mol. The van der Waals surface area contributed by atoms with Gasteiger partial charge in [0.1, 0.15) is 36.1 Å². The highest BCUT2D eigenvalue weighted by Gasteiger charge is 2.15. The third-order valence-electron chi connectivity index (χ3n) is 5.95. The number of nitrogens with zero attached hydrogens (tertiary/aromatic N) is 3. The first-order chi connectivity index (χ1) is 16.8. The molecule has 5 rings (SSSR count). The number of ether oxygens (including phenoxy) is 2. The van der Waals surface area contributed by atoms with Crippen LogP contribution in [0.4, 0.5) is 0 Å². The van der Waals surface area contributed by atoms with Gasteiger partial charge in [-0.05, 0) is 36.2 Å². The van der Waals surface area contributed by atoms with Crippen LogP contribution in [0, 0.1) is 0 Å². The molecule has 5 aromatic rings. The lowest BCUT2D eigenvalue weighted by molar-refractivity contribution is 0.298. The molecule has 0 bridgehead atoms. The minimum absolute atomic E-state index is 0.532. The number of imidazole rings is 1. The Hall–Kier alpha value is -3.86. The van der Waals surface area contributed by atoms with Gasteiger partial charge in [-0.3, -0.25) is 4.98 Å². The van der Waals surface area contributed by atoms with Crippen molar-refractivity contribution in [1.82, 2.24) is 14.5 Å². The average Bonchev–Trinajstić information content (AvgIpc) is 3.25. The molecular formula is C29H29N3O2. The molecule has 5 heteroatoms. The molecule has 0 radical (unpaired) electrons. The first-order valence-electron chi connectivity index (χ1n) is 11.9. The second-order valence-electron chi connectivity index (χ2n) is 8.39. The van der Waals surface area contributed by atoms with Crippen molar-refractivity contribution in [3.8, 4) is 11.5 Å². The summed E-state index contributed by atoms with van der Waals surface area (Å²) < 4.78 is 14.3. The highest BCUT2D eigenvalue weighted by atomic mass is 16.5. The van der Waals surface area contributed by atoms with E-state index in [9.17, 15) is 0 Å². The standard InChI is InChI=1S/C29H29N3O2/c1-2-3-14-28-31-27-20-30-26-19-24(34-21-22-10-6-4-7-11-22)15-16-25(26)29(27)32(28)17-18-33-23-12-8-5-9-13-23/h4-13,15-16,19-20H,2-3,14,17-18,21H2,1H3. The smallest absolute Gasteiger partial charge is 0.122 e. The van der Waals surface area contributed by atoms with Gasteiger partial charge in [0.25, 0.3) is 0 Å². The molecule has 0 N–H and O–H groups in total. The highest BCUT2D eigenvalue weighted by Crippen LogP contribution is 2.28. The molecule has 0 aliphatic rings. The molecule has 0 aliphatic carbocycles. The van der Waals surface area contributed by atoms with Gasteiger partial charge in [0.05, 0.1) is 23.8 Å². The number of hydrogen-bond acceptors (Lipinski definition) is 4. The van der Waals surface area contributed by atoms with Gasteiger partial charge >= 0.3 is 0 Å². The maximum Gasteiger partial charge on any atom is 0.122 e. The van der Waals surface area contributed by atoms with Gasteiger partial charge < -0.3 is 14.0 Å². The lowest BCUT2D eigenvalue weighted by Crippen LogP contribution is -2.11. The van der Waals surface area contributed by atoms with Crippen molar-refractivity contribution in [2.75, 3.05) is 6.61 Å². The number of rotatable bonds is 10. The molecule has 172 valence electrons. The minimum atomic E-state index is 0.532. The zero-order chi connectivity index (χ0) is 23.2. The Morgan fingerprint density at radius 3 is 2.41 bits per heavy atom. The van der Waals surface area contributed by atoms with Gasteiger partial charge in [0.2, 0.25) is 0 Å². The number of fused-ring (bicyclic) bond motifs is 3. The molecule has 0 fully saturated rings. The fourth-order valence-corrected chi connectivity index (χ4v) is 4.21. The molecule has 2 heterocycles. The van der Waals surface area contributed by atoms with Crippen molar-refractivity contribution in [3.05, 3.63) is 96.4 Å². The Morgan fingerprint density at radius 1 is 0.824 bits per heavy atom. The van der Waals surface area contributed by atoms with Crippen LogP contribution in [0.1, 0.15) is 31.2 Å². The molecule has 0 saturated heterocycles. The highest BCUT2D eigenvalue weighted by molar-refractivity contribution is 6.02. The van der Waals surface area contributed by atoms with Crippen LogP contribution >= 0.6 is 0 Å². The van der Waals surface area contributed by atoms with E-state index < -0.39 is 0 Å². The third kappa shape index (κ3) is 4.88. The summed E-state index contributed by atoms with van der Waals surface area (Å²) >= 11 is 0. The van der Waals surface area contributed by atoms with Gasteiger partial charge in [0, 0.05) is 17.9 Å². The van der Waals surface area contributed by atoms with E-state index >= 15 is 0 Å². The number of aromatic nitrogens is 3. The van der Waals surface area contributed by atoms with E-state index in [2.05, 4.69) is 29.7 Å². The lowest BCUT2D eigenvalue weighted by Gasteiger charge is -2.12. The van der Waals surface area contributed by atoms with E-state index in [1.54, 1.807) is 0 Å². The summed E-state index contributed by atoms with van der Waals surface area (Å²) in [4.78, 5) is 9.64. The van der Waals surface area contributed by atoms with Crippen molar-refractivity contribution < 1.29 is 9.47 Å². The van der Waals surface area contributed by atoms with Gasteiger partial charge in [-0.1, -0.05) is 61.9 Å². The molecular weight excluding hydrogens is 422 g/mol. The van der Waals surface area contributed by atoms with E-state index in [4.69, 9.17) is 19.4 Å². The molecule has 0 spiro atoms. The topological polar surface area (TPSA) is 49.2 Å². The van der Waals surface area contributed by atoms with E-state index in [-0.39, 0.29) is 0 Å². The van der Waals surface area contributed by atoms with Crippen molar-refractivity contribution in [3.63, 3.8) is 0 Å². The van der Waals surface area contributed by atoms with Gasteiger partial charge in [-0.25, -0.2) is 4.98 Å². The maximum atomic E-state index is 6.03. The Bertz CT molecular complexity index is 1360. The second-order valence-corrected chi connectivity index (χ2v) is 8.39. The Kier molecular flexibility index (Phi) is 6.71. The molecule has 0 unspecified atom stereocenters. The van der Waals surface area contributed by atoms with E-state index in [0.29, 0.717) is 13.2 Å². The zero-order valence-corrected chi connectivity index (χ0v) is 19.5. The summed E-state index contributed by atoms with van der Waals surface area (Å²) in [6.45, 7) is 4.05. The van der Waals surface area contributed by atoms with E-state index in [1.807, 2.05) is 66.9 Å². The normalized spacial score (nSPS) is 11.2. The van der Waals surface area contributed by atoms with Crippen LogP contribution in [0.25, 0.3) is 21.9 Å². The SMILES string of the molecule is CCCCc1nc2cnc3cc(OCc4ccccc4)ccc3c2n1CCOc1ccccc1. The summed E-state index contributed by atoms with van der Waals surface area (Å²) in [5, 5.41) is 1.08. The number of hydrogen-bond donors (Lipinski definition) is 0. The number of benzene rings is 3. The minimum Gasteiger partial charge on any atom is -0.492 e. The van der Waals surface area contributed by atoms with Crippen molar-refractivity contribution in [2.45, 2.75) is 39.3 Å². The molecule has 2 aromatic heterocycles. The van der Waals surface area contributed by atoms with Crippen molar-refractivity contribution in [2.24, 2.45) is 0 Å². The fourth-order valence-electron chi connectivity index (χ4n) is 4.21. The Labute approximate surface area is 200 Å². The van der Waals surface area contributed by atoms with E-state index in [0.717, 1.165) is 70.6 Å². The van der Waals surface area contributed by atoms with Crippen LogP contribution in [0.3, 0.4) is 0 Å². The molecule has 5 nitrogen and oxygen atoms in total. The van der Waals surface area contributed by atoms with Crippen LogP contribution in [-0.2, 0) is 19.6 Å². The summed E-state index contributed by atoms with van der Waals surface area (Å²) in [7, 11) is 0. The molecule has 3 aromatic carbocycles. The first-order valence-corrected chi connectivity index (χ1v) is 11.9. The van der Waals surface area contributed by atoms with Crippen molar-refractivity contribution in [1.29, 1.82) is 0 Å². The zero-order valence-electron chi connectivity index (χ0n) is 19.5. The molecule has 0 aliphatic heterocycles. The fraction of sp³-hybridized carbons (Fsp3) is 0.241. The van der Waals surface area contributed by atoms with Crippen molar-refractivity contribution >= 4 is 21.9 Å². The predicted octanol–water partition coefficient (Wildman–Crippen LogP) is 6.59. The second kappa shape index (κ2) is 10.4. The van der Waals surface area contributed by atoms with Crippen LogP contribution in [0.15, 0.2) is 85.1 Å². The monoisotopic (exact) mass is 451 g/mol. The Balaban J connectivity index is 1.44. The summed E-state index contributed by atoms with van der Waals surface area (Å²) in [6, 6.07) is 26.3. The van der Waals surface area contributed by atoms with Gasteiger partial charge in [-0.15, -0.1) is 0 Å². The lowest BCUT2D eigenvalue weighted by atomic mass is 10.2. The summed E-state index contributed by atoms with van der Waals surface area (Å²) in [5.41, 5.74) is 4.09. The number of unbranched alkanes of at least 4 members (excludes halogenated alkanes) is 1. The maximum absolute atomic E-state index is 6.03. The third-order valence-corrected chi connectivity index (χ3v) is 5.95. The van der Waals surface area contributed by atoms with Crippen LogP contribution < -0.4 is 9.47 Å². The quantitative estimate of drug-likeness (QED) is 0.240. The Morgan fingerprint density at radius 2 is 1.62 bits per heavy atom. The summed E-state index contributed by atoms with van der Waals surface area (Å²) in [5.74, 6) is 2.79. The summed E-state index contributed by atoms with van der Waals surface area (Å²) in [6.07, 6.45) is 5.05. The molecule has 0 atom stereocenters. The number of aryl methyl sites for hydroxylation is 1. The molecule has 34 heavy (non-hydrogen) atoms. The van der Waals surface area contributed by atoms with Gasteiger partial charge in [-0.2, -0.15) is 0 Å². The first kappa shape index (κ1) is 22.0.